The number of hydrogen-bond donors (Lipinski definition) is 2. The minimum absolute atomic E-state index is 0. The Morgan fingerprint density at radius 1 is 1.19 bits per heavy atom. The molecular formula is C21H32IN3O2. The van der Waals surface area contributed by atoms with Gasteiger partial charge in [-0.25, -0.2) is 4.99 Å². The molecule has 0 atom stereocenters. The van der Waals surface area contributed by atoms with Crippen LogP contribution in [0.3, 0.4) is 0 Å². The van der Waals surface area contributed by atoms with E-state index in [2.05, 4.69) is 54.0 Å². The van der Waals surface area contributed by atoms with Crippen LogP contribution in [0.4, 0.5) is 0 Å². The fraction of sp³-hybridized carbons (Fsp3) is 0.571. The summed E-state index contributed by atoms with van der Waals surface area (Å²) in [4.78, 5) is 4.75. The molecule has 1 aliphatic heterocycles. The number of nitrogens with one attached hydrogen (secondary N) is 2. The minimum atomic E-state index is 0. The van der Waals surface area contributed by atoms with Gasteiger partial charge >= 0.3 is 0 Å². The average molecular weight is 485 g/mol. The number of halogens is 1. The first-order valence-corrected chi connectivity index (χ1v) is 9.80. The van der Waals surface area contributed by atoms with Crippen molar-refractivity contribution in [2.24, 2.45) is 4.99 Å². The molecule has 0 saturated carbocycles. The van der Waals surface area contributed by atoms with Gasteiger partial charge in [0.15, 0.2) is 5.96 Å². The summed E-state index contributed by atoms with van der Waals surface area (Å²) in [5.41, 5.74) is 2.42. The number of hydrogen-bond acceptors (Lipinski definition) is 3. The minimum Gasteiger partial charge on any atom is -0.381 e. The second kappa shape index (κ2) is 12.4. The third kappa shape index (κ3) is 7.79. The van der Waals surface area contributed by atoms with Crippen molar-refractivity contribution < 1.29 is 9.47 Å². The van der Waals surface area contributed by atoms with Crippen molar-refractivity contribution in [3.05, 3.63) is 47.5 Å². The lowest BCUT2D eigenvalue weighted by Gasteiger charge is -2.22. The molecule has 1 fully saturated rings. The molecule has 5 nitrogen and oxygen atoms in total. The van der Waals surface area contributed by atoms with Crippen molar-refractivity contribution in [1.29, 1.82) is 0 Å². The molecule has 6 heteroatoms. The first kappa shape index (κ1) is 22.2. The van der Waals surface area contributed by atoms with Gasteiger partial charge in [-0.15, -0.1) is 24.0 Å². The van der Waals surface area contributed by atoms with Crippen molar-refractivity contribution in [3.8, 4) is 0 Å². The molecule has 150 valence electrons. The predicted molar refractivity (Wildman–Crippen MR) is 121 cm³/mol. The Hall–Kier alpha value is -1.12. The molecule has 2 N–H and O–H groups in total. The lowest BCUT2D eigenvalue weighted by molar-refractivity contribution is -0.0390. The van der Waals surface area contributed by atoms with Gasteiger partial charge in [-0.3, -0.25) is 0 Å². The largest absolute Gasteiger partial charge is 0.381 e. The molecule has 0 aromatic heterocycles. The number of benzene rings is 1. The highest BCUT2D eigenvalue weighted by atomic mass is 127. The Bertz CT molecular complexity index is 607. The Kier molecular flexibility index (Phi) is 10.2. The standard InChI is InChI=1S/C21H31N3O2.HI/c1-2-22-21(24-19-8-3-4-9-19)23-15-17-6-5-7-18(14-17)16-26-20-10-12-25-13-11-20;/h3-7,14,19-20H,2,8-13,15-16H2,1H3,(H2,22,23,24);1H. The smallest absolute Gasteiger partial charge is 0.191 e. The fourth-order valence-electron chi connectivity index (χ4n) is 3.29. The normalized spacial score (nSPS) is 18.3. The summed E-state index contributed by atoms with van der Waals surface area (Å²) < 4.78 is 11.4. The predicted octanol–water partition coefficient (Wildman–Crippen LogP) is 3.77. The summed E-state index contributed by atoms with van der Waals surface area (Å²) in [6.45, 7) is 5.92. The second-order valence-corrected chi connectivity index (χ2v) is 6.92. The van der Waals surface area contributed by atoms with E-state index in [1.165, 1.54) is 11.1 Å². The monoisotopic (exact) mass is 485 g/mol. The summed E-state index contributed by atoms with van der Waals surface area (Å²) in [6.07, 6.45) is 8.92. The first-order chi connectivity index (χ1) is 12.8. The molecule has 1 aromatic carbocycles. The number of aliphatic imine (C=N–C) groups is 1. The van der Waals surface area contributed by atoms with Gasteiger partial charge in [0.2, 0.25) is 0 Å². The zero-order valence-corrected chi connectivity index (χ0v) is 18.5. The highest BCUT2D eigenvalue weighted by Gasteiger charge is 2.14. The van der Waals surface area contributed by atoms with Crippen molar-refractivity contribution in [2.45, 2.75) is 57.9 Å². The third-order valence-electron chi connectivity index (χ3n) is 4.76. The van der Waals surface area contributed by atoms with E-state index >= 15 is 0 Å². The summed E-state index contributed by atoms with van der Waals surface area (Å²) in [7, 11) is 0. The van der Waals surface area contributed by atoms with Gasteiger partial charge in [0.1, 0.15) is 0 Å². The van der Waals surface area contributed by atoms with Crippen LogP contribution in [0.1, 0.15) is 43.7 Å². The summed E-state index contributed by atoms with van der Waals surface area (Å²) in [6, 6.07) is 9.01. The molecule has 3 rings (SSSR count). The van der Waals surface area contributed by atoms with E-state index in [0.717, 1.165) is 51.4 Å². The maximum atomic E-state index is 6.03. The van der Waals surface area contributed by atoms with Crippen LogP contribution < -0.4 is 10.6 Å². The molecule has 27 heavy (non-hydrogen) atoms. The Labute approximate surface area is 180 Å². The van der Waals surface area contributed by atoms with Crippen molar-refractivity contribution in [1.82, 2.24) is 10.6 Å². The highest BCUT2D eigenvalue weighted by molar-refractivity contribution is 14.0. The van der Waals surface area contributed by atoms with Crippen LogP contribution in [-0.4, -0.2) is 37.9 Å². The van der Waals surface area contributed by atoms with Crippen molar-refractivity contribution in [3.63, 3.8) is 0 Å². The summed E-state index contributed by atoms with van der Waals surface area (Å²) in [5, 5.41) is 6.85. The van der Waals surface area contributed by atoms with Crippen molar-refractivity contribution >= 4 is 29.9 Å². The topological polar surface area (TPSA) is 54.9 Å². The van der Waals surface area contributed by atoms with Gasteiger partial charge in [-0.05, 0) is 43.7 Å². The van der Waals surface area contributed by atoms with Crippen LogP contribution in [0.2, 0.25) is 0 Å². The van der Waals surface area contributed by atoms with E-state index in [1.807, 2.05) is 0 Å². The number of ether oxygens (including phenoxy) is 2. The summed E-state index contributed by atoms with van der Waals surface area (Å²) in [5.74, 6) is 0.894. The van der Waals surface area contributed by atoms with Gasteiger partial charge in [0, 0.05) is 25.8 Å². The Morgan fingerprint density at radius 3 is 2.67 bits per heavy atom. The van der Waals surface area contributed by atoms with Crippen molar-refractivity contribution in [2.75, 3.05) is 19.8 Å². The molecule has 1 heterocycles. The number of rotatable bonds is 7. The second-order valence-electron chi connectivity index (χ2n) is 6.92. The molecule has 2 aliphatic rings. The van der Waals surface area contributed by atoms with Crippen LogP contribution in [0, 0.1) is 0 Å². The van der Waals surface area contributed by atoms with Gasteiger partial charge in [0.05, 0.1) is 19.3 Å². The molecule has 1 aromatic rings. The van der Waals surface area contributed by atoms with E-state index in [1.54, 1.807) is 0 Å². The maximum Gasteiger partial charge on any atom is 0.191 e. The lowest BCUT2D eigenvalue weighted by atomic mass is 10.1. The molecule has 0 amide bonds. The van der Waals surface area contributed by atoms with Gasteiger partial charge < -0.3 is 20.1 Å². The van der Waals surface area contributed by atoms with Gasteiger partial charge in [-0.1, -0.05) is 36.4 Å². The van der Waals surface area contributed by atoms with E-state index in [4.69, 9.17) is 14.5 Å². The summed E-state index contributed by atoms with van der Waals surface area (Å²) >= 11 is 0. The van der Waals surface area contributed by atoms with Gasteiger partial charge in [-0.2, -0.15) is 0 Å². The number of nitrogens with zero attached hydrogens (tertiary/aromatic N) is 1. The van der Waals surface area contributed by atoms with E-state index < -0.39 is 0 Å². The van der Waals surface area contributed by atoms with Crippen LogP contribution in [0.25, 0.3) is 0 Å². The zero-order valence-electron chi connectivity index (χ0n) is 16.2. The molecule has 0 unspecified atom stereocenters. The van der Waals surface area contributed by atoms with E-state index in [-0.39, 0.29) is 24.0 Å². The third-order valence-corrected chi connectivity index (χ3v) is 4.76. The molecule has 1 saturated heterocycles. The fourth-order valence-corrected chi connectivity index (χ4v) is 3.29. The molecule has 0 spiro atoms. The average Bonchev–Trinajstić information content (AvgIpc) is 3.19. The van der Waals surface area contributed by atoms with Crippen LogP contribution in [-0.2, 0) is 22.6 Å². The van der Waals surface area contributed by atoms with Crippen LogP contribution in [0.15, 0.2) is 41.4 Å². The van der Waals surface area contributed by atoms with E-state index in [9.17, 15) is 0 Å². The number of guanidine groups is 1. The Balaban J connectivity index is 0.00000261. The SMILES string of the molecule is CCNC(=NCc1cccc(COC2CCOCC2)c1)NC1CC=CC1.I. The van der Waals surface area contributed by atoms with Crippen LogP contribution >= 0.6 is 24.0 Å². The lowest BCUT2D eigenvalue weighted by Crippen LogP contribution is -2.42. The van der Waals surface area contributed by atoms with Crippen LogP contribution in [0.5, 0.6) is 0 Å². The molecule has 1 aliphatic carbocycles. The molecular weight excluding hydrogens is 453 g/mol. The highest BCUT2D eigenvalue weighted by Crippen LogP contribution is 2.15. The maximum absolute atomic E-state index is 6.03. The zero-order chi connectivity index (χ0) is 18.0. The molecule has 0 radical (unpaired) electrons. The molecule has 0 bridgehead atoms. The Morgan fingerprint density at radius 2 is 1.93 bits per heavy atom. The quantitative estimate of drug-likeness (QED) is 0.267. The van der Waals surface area contributed by atoms with Gasteiger partial charge in [0.25, 0.3) is 0 Å². The first-order valence-electron chi connectivity index (χ1n) is 9.80. The van der Waals surface area contributed by atoms with E-state index in [0.29, 0.717) is 25.3 Å².